The van der Waals surface area contributed by atoms with Crippen LogP contribution in [0.25, 0.3) is 0 Å². The van der Waals surface area contributed by atoms with Crippen LogP contribution in [0.1, 0.15) is 0 Å². The maximum atomic E-state index is 13.2. The monoisotopic (exact) mass is 374 g/mol. The molecule has 2 aromatic rings. The van der Waals surface area contributed by atoms with Crippen molar-refractivity contribution >= 4 is 50.3 Å². The number of nitrogens with zero attached hydrogens (tertiary/aromatic N) is 1. The van der Waals surface area contributed by atoms with Crippen molar-refractivity contribution in [2.45, 2.75) is 0 Å². The van der Waals surface area contributed by atoms with Crippen LogP contribution in [-0.4, -0.2) is 4.92 Å². The number of anilines is 3. The molecule has 110 valence electrons. The summed E-state index contributed by atoms with van der Waals surface area (Å²) in [5.41, 5.74) is 2.64. The van der Waals surface area contributed by atoms with Gasteiger partial charge in [0.05, 0.1) is 15.6 Å². The van der Waals surface area contributed by atoms with Crippen LogP contribution in [0.2, 0.25) is 5.02 Å². The molecule has 0 heterocycles. The van der Waals surface area contributed by atoms with Gasteiger partial charge in [-0.15, -0.1) is 0 Å². The number of hydrogen-bond donors (Lipinski definition) is 3. The van der Waals surface area contributed by atoms with Gasteiger partial charge in [-0.3, -0.25) is 16.0 Å². The molecule has 0 fully saturated rings. The highest BCUT2D eigenvalue weighted by molar-refractivity contribution is 9.10. The van der Waals surface area contributed by atoms with Crippen LogP contribution in [-0.2, 0) is 0 Å². The number of nitro benzene ring substituents is 1. The van der Waals surface area contributed by atoms with E-state index in [0.29, 0.717) is 10.2 Å². The predicted molar refractivity (Wildman–Crippen MR) is 83.3 cm³/mol. The summed E-state index contributed by atoms with van der Waals surface area (Å²) in [6.07, 6.45) is 0. The van der Waals surface area contributed by atoms with Gasteiger partial charge in [0.15, 0.2) is 0 Å². The molecule has 0 atom stereocenters. The van der Waals surface area contributed by atoms with Gasteiger partial charge in [-0.1, -0.05) is 17.7 Å². The summed E-state index contributed by atoms with van der Waals surface area (Å²) in [5.74, 6) is 4.74. The number of halogens is 3. The lowest BCUT2D eigenvalue weighted by Crippen LogP contribution is -2.10. The van der Waals surface area contributed by atoms with E-state index in [1.165, 1.54) is 18.2 Å². The van der Waals surface area contributed by atoms with Gasteiger partial charge in [0, 0.05) is 4.47 Å². The van der Waals surface area contributed by atoms with Gasteiger partial charge in [-0.05, 0) is 40.2 Å². The second kappa shape index (κ2) is 6.25. The van der Waals surface area contributed by atoms with Gasteiger partial charge in [-0.25, -0.2) is 4.39 Å². The van der Waals surface area contributed by atoms with E-state index in [4.69, 9.17) is 17.4 Å². The minimum atomic E-state index is -0.580. The Bertz CT molecular complexity index is 691. The molecule has 9 heteroatoms. The number of nitrogen functional groups attached to an aromatic ring is 1. The smallest absolute Gasteiger partial charge is 0.316 e. The number of hydrazine groups is 1. The molecule has 0 amide bonds. The largest absolute Gasteiger partial charge is 0.348 e. The van der Waals surface area contributed by atoms with Crippen molar-refractivity contribution in [3.05, 3.63) is 55.8 Å². The van der Waals surface area contributed by atoms with Gasteiger partial charge in [0.1, 0.15) is 17.2 Å². The van der Waals surface area contributed by atoms with Gasteiger partial charge in [-0.2, -0.15) is 0 Å². The number of rotatable bonds is 4. The summed E-state index contributed by atoms with van der Waals surface area (Å²) >= 11 is 9.10. The number of para-hydroxylation sites is 1. The molecule has 0 bridgehead atoms. The first-order valence-electron chi connectivity index (χ1n) is 5.59. The number of hydrogen-bond acceptors (Lipinski definition) is 5. The Kier molecular flexibility index (Phi) is 4.61. The quantitative estimate of drug-likeness (QED) is 0.423. The van der Waals surface area contributed by atoms with Crippen molar-refractivity contribution < 1.29 is 9.31 Å². The molecule has 4 N–H and O–H groups in total. The summed E-state index contributed by atoms with van der Waals surface area (Å²) in [7, 11) is 0. The Morgan fingerprint density at radius 3 is 2.57 bits per heavy atom. The fourth-order valence-electron chi connectivity index (χ4n) is 1.75. The van der Waals surface area contributed by atoms with E-state index in [1.807, 2.05) is 0 Å². The van der Waals surface area contributed by atoms with Crippen molar-refractivity contribution in [2.75, 3.05) is 10.7 Å². The maximum absolute atomic E-state index is 13.2. The standard InChI is InChI=1S/C12H9BrClFN4O2/c13-7-4-6(15)5-8(14)11(7)17-9-2-1-3-10(18-16)12(9)19(20)21/h1-5,17-18H,16H2. The zero-order chi connectivity index (χ0) is 15.6. The highest BCUT2D eigenvalue weighted by atomic mass is 79.9. The summed E-state index contributed by atoms with van der Waals surface area (Å²) in [6, 6.07) is 6.84. The Hall–Kier alpha value is -1.90. The molecule has 2 aromatic carbocycles. The summed E-state index contributed by atoms with van der Waals surface area (Å²) in [6.45, 7) is 0. The Morgan fingerprint density at radius 2 is 2.00 bits per heavy atom. The highest BCUT2D eigenvalue weighted by Gasteiger charge is 2.20. The van der Waals surface area contributed by atoms with Crippen molar-refractivity contribution in [1.29, 1.82) is 0 Å². The second-order valence-electron chi connectivity index (χ2n) is 3.97. The SMILES string of the molecule is NNc1cccc(Nc2c(Cl)cc(F)cc2Br)c1[N+](=O)[O-]. The van der Waals surface area contributed by atoms with Crippen LogP contribution in [0.3, 0.4) is 0 Å². The molecule has 0 spiro atoms. The van der Waals surface area contributed by atoms with E-state index in [1.54, 1.807) is 6.07 Å². The molecular formula is C12H9BrClFN4O2. The Morgan fingerprint density at radius 1 is 1.33 bits per heavy atom. The van der Waals surface area contributed by atoms with Crippen molar-refractivity contribution in [3.8, 4) is 0 Å². The second-order valence-corrected chi connectivity index (χ2v) is 5.23. The molecular weight excluding hydrogens is 367 g/mol. The molecule has 6 nitrogen and oxygen atoms in total. The van der Waals surface area contributed by atoms with Crippen molar-refractivity contribution in [2.24, 2.45) is 5.84 Å². The fourth-order valence-corrected chi connectivity index (χ4v) is 2.65. The fraction of sp³-hybridized carbons (Fsp3) is 0. The lowest BCUT2D eigenvalue weighted by atomic mass is 10.2. The normalized spacial score (nSPS) is 10.3. The molecule has 0 saturated heterocycles. The average Bonchev–Trinajstić information content (AvgIpc) is 2.42. The van der Waals surface area contributed by atoms with Gasteiger partial charge < -0.3 is 10.7 Å². The predicted octanol–water partition coefficient (Wildman–Crippen LogP) is 4.18. The number of nitrogens with one attached hydrogen (secondary N) is 2. The molecule has 0 saturated carbocycles. The lowest BCUT2D eigenvalue weighted by Gasteiger charge is -2.12. The zero-order valence-corrected chi connectivity index (χ0v) is 12.7. The van der Waals surface area contributed by atoms with E-state index in [0.717, 1.165) is 6.07 Å². The first-order chi connectivity index (χ1) is 9.93. The first kappa shape index (κ1) is 15.5. The summed E-state index contributed by atoms with van der Waals surface area (Å²) in [5, 5.41) is 14.1. The van der Waals surface area contributed by atoms with E-state index in [9.17, 15) is 14.5 Å². The average molecular weight is 376 g/mol. The number of nitro groups is 1. The third-order valence-corrected chi connectivity index (χ3v) is 3.56. The van der Waals surface area contributed by atoms with Crippen LogP contribution < -0.4 is 16.6 Å². The van der Waals surface area contributed by atoms with E-state index >= 15 is 0 Å². The zero-order valence-electron chi connectivity index (χ0n) is 10.4. The topological polar surface area (TPSA) is 93.2 Å². The van der Waals surface area contributed by atoms with Crippen LogP contribution in [0, 0.1) is 15.9 Å². The first-order valence-corrected chi connectivity index (χ1v) is 6.76. The van der Waals surface area contributed by atoms with E-state index in [2.05, 4.69) is 26.7 Å². The van der Waals surface area contributed by atoms with E-state index in [-0.39, 0.29) is 22.1 Å². The molecule has 0 aromatic heterocycles. The van der Waals surface area contributed by atoms with Gasteiger partial charge in [0.2, 0.25) is 0 Å². The van der Waals surface area contributed by atoms with Crippen molar-refractivity contribution in [3.63, 3.8) is 0 Å². The van der Waals surface area contributed by atoms with Crippen LogP contribution in [0.15, 0.2) is 34.8 Å². The number of nitrogens with two attached hydrogens (primary N) is 1. The third kappa shape index (κ3) is 3.23. The maximum Gasteiger partial charge on any atom is 0.316 e. The Balaban J connectivity index is 2.52. The number of benzene rings is 2. The molecule has 0 radical (unpaired) electrons. The molecule has 0 aliphatic heterocycles. The highest BCUT2D eigenvalue weighted by Crippen LogP contribution is 2.39. The lowest BCUT2D eigenvalue weighted by molar-refractivity contribution is -0.383. The van der Waals surface area contributed by atoms with Crippen LogP contribution in [0.4, 0.5) is 27.1 Å². The third-order valence-electron chi connectivity index (χ3n) is 2.64. The summed E-state index contributed by atoms with van der Waals surface area (Å²) in [4.78, 5) is 10.6. The van der Waals surface area contributed by atoms with Gasteiger partial charge in [0.25, 0.3) is 0 Å². The minimum Gasteiger partial charge on any atom is -0.348 e. The Labute approximate surface area is 132 Å². The van der Waals surface area contributed by atoms with E-state index < -0.39 is 10.7 Å². The van der Waals surface area contributed by atoms with Crippen LogP contribution in [0.5, 0.6) is 0 Å². The molecule has 0 aliphatic carbocycles. The minimum absolute atomic E-state index is 0.0854. The van der Waals surface area contributed by atoms with Crippen LogP contribution >= 0.6 is 27.5 Å². The molecule has 0 aliphatic rings. The molecule has 0 unspecified atom stereocenters. The van der Waals surface area contributed by atoms with Gasteiger partial charge >= 0.3 is 5.69 Å². The van der Waals surface area contributed by atoms with Crippen molar-refractivity contribution in [1.82, 2.24) is 0 Å². The summed E-state index contributed by atoms with van der Waals surface area (Å²) < 4.78 is 13.5. The molecule has 2 rings (SSSR count). The molecule has 21 heavy (non-hydrogen) atoms.